The number of anilines is 2. The lowest BCUT2D eigenvalue weighted by atomic mass is 10.0. The van der Waals surface area contributed by atoms with Crippen molar-refractivity contribution in [3.05, 3.63) is 22.7 Å². The molecule has 0 amide bonds. The van der Waals surface area contributed by atoms with E-state index in [1.54, 1.807) is 0 Å². The highest BCUT2D eigenvalue weighted by molar-refractivity contribution is 9.10. The number of fused-ring (bicyclic) bond motifs is 3. The SMILES string of the molecule is CC1CCN2c3ccc(Br)cc3NCC12. The summed E-state index contributed by atoms with van der Waals surface area (Å²) in [5.74, 6) is 0.814. The topological polar surface area (TPSA) is 15.3 Å². The summed E-state index contributed by atoms with van der Waals surface area (Å²) in [6.45, 7) is 4.66. The van der Waals surface area contributed by atoms with Gasteiger partial charge in [-0.05, 0) is 30.5 Å². The first kappa shape index (κ1) is 9.52. The summed E-state index contributed by atoms with van der Waals surface area (Å²) in [6.07, 6.45) is 1.32. The summed E-state index contributed by atoms with van der Waals surface area (Å²) in [6, 6.07) is 7.22. The highest BCUT2D eigenvalue weighted by Gasteiger charge is 2.34. The van der Waals surface area contributed by atoms with Gasteiger partial charge < -0.3 is 10.2 Å². The van der Waals surface area contributed by atoms with Crippen LogP contribution >= 0.6 is 15.9 Å². The first-order valence-corrected chi connectivity index (χ1v) is 6.35. The summed E-state index contributed by atoms with van der Waals surface area (Å²) in [5, 5.41) is 3.53. The predicted molar refractivity (Wildman–Crippen MR) is 67.5 cm³/mol. The van der Waals surface area contributed by atoms with Crippen molar-refractivity contribution in [2.24, 2.45) is 5.92 Å². The monoisotopic (exact) mass is 266 g/mol. The van der Waals surface area contributed by atoms with E-state index < -0.39 is 0 Å². The van der Waals surface area contributed by atoms with Crippen LogP contribution in [-0.2, 0) is 0 Å². The number of rotatable bonds is 0. The van der Waals surface area contributed by atoms with Crippen LogP contribution in [0.4, 0.5) is 11.4 Å². The number of nitrogens with one attached hydrogen (secondary N) is 1. The third kappa shape index (κ3) is 1.44. The molecule has 0 bridgehead atoms. The molecule has 2 aliphatic rings. The maximum absolute atomic E-state index is 3.53. The van der Waals surface area contributed by atoms with Crippen molar-refractivity contribution in [2.45, 2.75) is 19.4 Å². The molecule has 0 radical (unpaired) electrons. The highest BCUT2D eigenvalue weighted by Crippen LogP contribution is 2.39. The van der Waals surface area contributed by atoms with Gasteiger partial charge in [0.15, 0.2) is 0 Å². The van der Waals surface area contributed by atoms with Gasteiger partial charge in [0.2, 0.25) is 0 Å². The molecule has 3 rings (SSSR count). The zero-order valence-electron chi connectivity index (χ0n) is 8.83. The zero-order chi connectivity index (χ0) is 10.4. The molecule has 0 aromatic heterocycles. The Labute approximate surface area is 98.8 Å². The first-order chi connectivity index (χ1) is 7.25. The second-order valence-electron chi connectivity index (χ2n) is 4.57. The molecule has 1 aromatic rings. The van der Waals surface area contributed by atoms with E-state index in [9.17, 15) is 0 Å². The number of nitrogens with zero attached hydrogens (tertiary/aromatic N) is 1. The molecule has 2 atom stereocenters. The summed E-state index contributed by atoms with van der Waals surface area (Å²) >= 11 is 3.52. The minimum atomic E-state index is 0.693. The Hall–Kier alpha value is -0.700. The van der Waals surface area contributed by atoms with E-state index in [2.05, 4.69) is 51.3 Å². The molecule has 1 aromatic carbocycles. The van der Waals surface area contributed by atoms with E-state index in [1.807, 2.05) is 0 Å². The van der Waals surface area contributed by atoms with Crippen molar-refractivity contribution in [3.8, 4) is 0 Å². The van der Waals surface area contributed by atoms with Gasteiger partial charge in [0.1, 0.15) is 0 Å². The standard InChI is InChI=1S/C12H15BrN2/c1-8-4-5-15-11-3-2-9(13)6-10(11)14-7-12(8)15/h2-3,6,8,12,14H,4-5,7H2,1H3. The molecule has 2 aliphatic heterocycles. The van der Waals surface area contributed by atoms with E-state index in [4.69, 9.17) is 0 Å². The summed E-state index contributed by atoms with van der Waals surface area (Å²) in [5.41, 5.74) is 2.65. The van der Waals surface area contributed by atoms with Gasteiger partial charge in [0.05, 0.1) is 11.4 Å². The van der Waals surface area contributed by atoms with E-state index >= 15 is 0 Å². The molecule has 1 N–H and O–H groups in total. The van der Waals surface area contributed by atoms with Crippen LogP contribution in [0.2, 0.25) is 0 Å². The van der Waals surface area contributed by atoms with E-state index in [-0.39, 0.29) is 0 Å². The van der Waals surface area contributed by atoms with Crippen LogP contribution in [0.1, 0.15) is 13.3 Å². The van der Waals surface area contributed by atoms with Crippen LogP contribution in [-0.4, -0.2) is 19.1 Å². The highest BCUT2D eigenvalue weighted by atomic mass is 79.9. The van der Waals surface area contributed by atoms with Crippen LogP contribution in [0.25, 0.3) is 0 Å². The predicted octanol–water partition coefficient (Wildman–Crippen LogP) is 3.09. The van der Waals surface area contributed by atoms with Crippen LogP contribution in [0.15, 0.2) is 22.7 Å². The van der Waals surface area contributed by atoms with E-state index in [0.29, 0.717) is 6.04 Å². The lowest BCUT2D eigenvalue weighted by molar-refractivity contribution is 0.524. The van der Waals surface area contributed by atoms with Crippen molar-refractivity contribution in [1.29, 1.82) is 0 Å². The molecule has 1 saturated heterocycles. The normalized spacial score (nSPS) is 28.3. The summed E-state index contributed by atoms with van der Waals surface area (Å²) in [4.78, 5) is 2.56. The molecular formula is C12H15BrN2. The molecule has 2 heterocycles. The van der Waals surface area contributed by atoms with Crippen LogP contribution in [0, 0.1) is 5.92 Å². The molecule has 0 aliphatic carbocycles. The van der Waals surface area contributed by atoms with Gasteiger partial charge in [-0.2, -0.15) is 0 Å². The lowest BCUT2D eigenvalue weighted by Gasteiger charge is -2.36. The van der Waals surface area contributed by atoms with Crippen molar-refractivity contribution in [3.63, 3.8) is 0 Å². The van der Waals surface area contributed by atoms with Crippen LogP contribution in [0.5, 0.6) is 0 Å². The second kappa shape index (κ2) is 3.41. The zero-order valence-corrected chi connectivity index (χ0v) is 10.4. The van der Waals surface area contributed by atoms with Crippen LogP contribution < -0.4 is 10.2 Å². The molecule has 0 spiro atoms. The molecule has 15 heavy (non-hydrogen) atoms. The van der Waals surface area contributed by atoms with Crippen molar-refractivity contribution < 1.29 is 0 Å². The Bertz CT molecular complexity index is 391. The number of hydrogen-bond donors (Lipinski definition) is 1. The molecule has 0 saturated carbocycles. The number of halogens is 1. The maximum Gasteiger partial charge on any atom is 0.0606 e. The second-order valence-corrected chi connectivity index (χ2v) is 5.48. The van der Waals surface area contributed by atoms with Gasteiger partial charge in [-0.1, -0.05) is 22.9 Å². The van der Waals surface area contributed by atoms with Gasteiger partial charge in [0.25, 0.3) is 0 Å². The van der Waals surface area contributed by atoms with Gasteiger partial charge in [-0.3, -0.25) is 0 Å². The summed E-state index contributed by atoms with van der Waals surface area (Å²) < 4.78 is 1.15. The molecule has 3 heteroatoms. The minimum absolute atomic E-state index is 0.693. The Kier molecular flexibility index (Phi) is 2.16. The lowest BCUT2D eigenvalue weighted by Crippen LogP contribution is -2.41. The van der Waals surface area contributed by atoms with Crippen molar-refractivity contribution >= 4 is 27.3 Å². The van der Waals surface area contributed by atoms with E-state index in [0.717, 1.165) is 16.9 Å². The molecule has 80 valence electrons. The maximum atomic E-state index is 3.53. The van der Waals surface area contributed by atoms with Gasteiger partial charge in [-0.15, -0.1) is 0 Å². The summed E-state index contributed by atoms with van der Waals surface area (Å²) in [7, 11) is 0. The Morgan fingerprint density at radius 1 is 1.47 bits per heavy atom. The molecule has 2 unspecified atom stereocenters. The van der Waals surface area contributed by atoms with Gasteiger partial charge in [-0.25, -0.2) is 0 Å². The fourth-order valence-electron chi connectivity index (χ4n) is 2.73. The molecule has 1 fully saturated rings. The molecule has 2 nitrogen and oxygen atoms in total. The van der Waals surface area contributed by atoms with Crippen molar-refractivity contribution in [1.82, 2.24) is 0 Å². The van der Waals surface area contributed by atoms with E-state index in [1.165, 1.54) is 24.3 Å². The van der Waals surface area contributed by atoms with Crippen molar-refractivity contribution in [2.75, 3.05) is 23.3 Å². The Morgan fingerprint density at radius 3 is 3.20 bits per heavy atom. The fraction of sp³-hybridized carbons (Fsp3) is 0.500. The molecular weight excluding hydrogens is 252 g/mol. The average Bonchev–Trinajstić information content (AvgIpc) is 2.60. The van der Waals surface area contributed by atoms with Crippen LogP contribution in [0.3, 0.4) is 0 Å². The number of hydrogen-bond acceptors (Lipinski definition) is 2. The smallest absolute Gasteiger partial charge is 0.0606 e. The largest absolute Gasteiger partial charge is 0.381 e. The third-order valence-corrected chi connectivity index (χ3v) is 4.15. The van der Waals surface area contributed by atoms with Gasteiger partial charge in [0, 0.05) is 23.6 Å². The Balaban J connectivity index is 2.02. The number of benzene rings is 1. The average molecular weight is 267 g/mol. The first-order valence-electron chi connectivity index (χ1n) is 5.56. The quantitative estimate of drug-likeness (QED) is 0.777. The third-order valence-electron chi connectivity index (χ3n) is 3.65. The fourth-order valence-corrected chi connectivity index (χ4v) is 3.09. The van der Waals surface area contributed by atoms with Gasteiger partial charge >= 0.3 is 0 Å². The minimum Gasteiger partial charge on any atom is -0.381 e. The Morgan fingerprint density at radius 2 is 2.33 bits per heavy atom.